The standard InChI is InChI=1S/C16H18FN3O3/c1-8(16(22)23)7-20(4)15(21)12-5-11(17)6-13-14(12)19-10(3)9(2)18-13/h5-6,8H,7H2,1-4H3,(H,22,23). The lowest BCUT2D eigenvalue weighted by molar-refractivity contribution is -0.141. The predicted octanol–water partition coefficient (Wildman–Crippen LogP) is 2.18. The van der Waals surface area contributed by atoms with E-state index in [9.17, 15) is 14.0 Å². The monoisotopic (exact) mass is 319 g/mol. The fourth-order valence-corrected chi connectivity index (χ4v) is 2.24. The molecule has 7 heteroatoms. The highest BCUT2D eigenvalue weighted by Gasteiger charge is 2.22. The minimum atomic E-state index is -1.000. The van der Waals surface area contributed by atoms with Crippen LogP contribution < -0.4 is 0 Å². The smallest absolute Gasteiger partial charge is 0.308 e. The van der Waals surface area contributed by atoms with Crippen molar-refractivity contribution >= 4 is 22.9 Å². The molecule has 1 aromatic heterocycles. The zero-order chi connectivity index (χ0) is 17.3. The molecule has 1 N–H and O–H groups in total. The molecule has 0 bridgehead atoms. The number of fused-ring (bicyclic) bond motifs is 1. The SMILES string of the molecule is Cc1nc2cc(F)cc(C(=O)N(C)CC(C)C(=O)O)c2nc1C. The first kappa shape index (κ1) is 16.8. The van der Waals surface area contributed by atoms with Crippen molar-refractivity contribution in [2.24, 2.45) is 5.92 Å². The maximum atomic E-state index is 13.8. The molecule has 122 valence electrons. The Morgan fingerprint density at radius 1 is 1.26 bits per heavy atom. The van der Waals surface area contributed by atoms with Gasteiger partial charge in [0.2, 0.25) is 0 Å². The number of amides is 1. The molecule has 0 aliphatic rings. The number of rotatable bonds is 4. The molecule has 2 aromatic rings. The highest BCUT2D eigenvalue weighted by molar-refractivity contribution is 6.04. The number of carbonyl (C=O) groups excluding carboxylic acids is 1. The van der Waals surface area contributed by atoms with Crippen LogP contribution in [0.1, 0.15) is 28.7 Å². The number of carboxylic acids is 1. The predicted molar refractivity (Wildman–Crippen MR) is 82.7 cm³/mol. The summed E-state index contributed by atoms with van der Waals surface area (Å²) in [4.78, 5) is 33.3. The van der Waals surface area contributed by atoms with Crippen molar-refractivity contribution in [3.8, 4) is 0 Å². The number of halogens is 1. The summed E-state index contributed by atoms with van der Waals surface area (Å²) >= 11 is 0. The normalized spacial score (nSPS) is 12.2. The molecule has 0 saturated carbocycles. The van der Waals surface area contributed by atoms with Gasteiger partial charge in [-0.05, 0) is 19.9 Å². The van der Waals surface area contributed by atoms with Gasteiger partial charge in [0.1, 0.15) is 11.3 Å². The van der Waals surface area contributed by atoms with E-state index in [1.807, 2.05) is 0 Å². The number of carboxylic acid groups (broad SMARTS) is 1. The number of aliphatic carboxylic acids is 1. The molecule has 23 heavy (non-hydrogen) atoms. The number of nitrogens with zero attached hydrogens (tertiary/aromatic N) is 3. The Morgan fingerprint density at radius 2 is 1.87 bits per heavy atom. The summed E-state index contributed by atoms with van der Waals surface area (Å²) in [6.07, 6.45) is 0. The zero-order valence-corrected chi connectivity index (χ0v) is 13.4. The van der Waals surface area contributed by atoms with Crippen LogP contribution in [-0.2, 0) is 4.79 Å². The highest BCUT2D eigenvalue weighted by Crippen LogP contribution is 2.20. The largest absolute Gasteiger partial charge is 0.481 e. The molecular formula is C16H18FN3O3. The lowest BCUT2D eigenvalue weighted by atomic mass is 10.1. The maximum Gasteiger partial charge on any atom is 0.308 e. The van der Waals surface area contributed by atoms with Crippen molar-refractivity contribution in [3.05, 3.63) is 34.9 Å². The van der Waals surface area contributed by atoms with Gasteiger partial charge in [-0.3, -0.25) is 9.59 Å². The second-order valence-corrected chi connectivity index (χ2v) is 5.64. The number of benzene rings is 1. The Morgan fingerprint density at radius 3 is 2.48 bits per heavy atom. The van der Waals surface area contributed by atoms with E-state index in [0.717, 1.165) is 6.07 Å². The topological polar surface area (TPSA) is 83.4 Å². The van der Waals surface area contributed by atoms with Crippen molar-refractivity contribution in [1.82, 2.24) is 14.9 Å². The fraction of sp³-hybridized carbons (Fsp3) is 0.375. The third-order valence-corrected chi connectivity index (χ3v) is 3.69. The number of hydrogen-bond acceptors (Lipinski definition) is 4. The van der Waals surface area contributed by atoms with Gasteiger partial charge in [-0.2, -0.15) is 0 Å². The van der Waals surface area contributed by atoms with Gasteiger partial charge < -0.3 is 10.0 Å². The van der Waals surface area contributed by atoms with E-state index in [1.54, 1.807) is 13.8 Å². The number of aromatic nitrogens is 2. The maximum absolute atomic E-state index is 13.8. The van der Waals surface area contributed by atoms with Crippen molar-refractivity contribution in [2.45, 2.75) is 20.8 Å². The Hall–Kier alpha value is -2.57. The van der Waals surface area contributed by atoms with E-state index in [0.29, 0.717) is 22.4 Å². The van der Waals surface area contributed by atoms with Crippen molar-refractivity contribution < 1.29 is 19.1 Å². The van der Waals surface area contributed by atoms with Gasteiger partial charge >= 0.3 is 5.97 Å². The third kappa shape index (κ3) is 3.44. The average molecular weight is 319 g/mol. The van der Waals surface area contributed by atoms with Crippen molar-refractivity contribution in [2.75, 3.05) is 13.6 Å². The van der Waals surface area contributed by atoms with Crippen LogP contribution in [0.5, 0.6) is 0 Å². The lowest BCUT2D eigenvalue weighted by Gasteiger charge is -2.20. The van der Waals surface area contributed by atoms with Crippen LogP contribution in [-0.4, -0.2) is 45.4 Å². The van der Waals surface area contributed by atoms with Gasteiger partial charge in [0.25, 0.3) is 5.91 Å². The second-order valence-electron chi connectivity index (χ2n) is 5.64. The van der Waals surface area contributed by atoms with E-state index in [2.05, 4.69) is 9.97 Å². The molecule has 0 radical (unpaired) electrons. The zero-order valence-electron chi connectivity index (χ0n) is 13.4. The highest BCUT2D eigenvalue weighted by atomic mass is 19.1. The quantitative estimate of drug-likeness (QED) is 0.934. The van der Waals surface area contributed by atoms with Crippen molar-refractivity contribution in [3.63, 3.8) is 0 Å². The van der Waals surface area contributed by atoms with Crippen LogP contribution in [0.25, 0.3) is 11.0 Å². The summed E-state index contributed by atoms with van der Waals surface area (Å²) in [6.45, 7) is 5.04. The molecule has 0 spiro atoms. The van der Waals surface area contributed by atoms with Gasteiger partial charge in [-0.1, -0.05) is 6.92 Å². The van der Waals surface area contributed by atoms with Gasteiger partial charge in [-0.15, -0.1) is 0 Å². The fourth-order valence-electron chi connectivity index (χ4n) is 2.24. The molecule has 1 amide bonds. The summed E-state index contributed by atoms with van der Waals surface area (Å²) in [5.74, 6) is -2.79. The third-order valence-electron chi connectivity index (χ3n) is 3.69. The van der Waals surface area contributed by atoms with Crippen LogP contribution in [0.2, 0.25) is 0 Å². The molecule has 1 aromatic carbocycles. The Kier molecular flexibility index (Phi) is 4.58. The molecule has 0 aliphatic carbocycles. The molecule has 0 saturated heterocycles. The first-order chi connectivity index (χ1) is 10.7. The molecule has 6 nitrogen and oxygen atoms in total. The van der Waals surface area contributed by atoms with Crippen LogP contribution in [0, 0.1) is 25.6 Å². The van der Waals surface area contributed by atoms with E-state index >= 15 is 0 Å². The molecular weight excluding hydrogens is 301 g/mol. The average Bonchev–Trinajstić information content (AvgIpc) is 2.47. The van der Waals surface area contributed by atoms with E-state index in [1.165, 1.54) is 24.9 Å². The van der Waals surface area contributed by atoms with Crippen LogP contribution in [0.15, 0.2) is 12.1 Å². The summed E-state index contributed by atoms with van der Waals surface area (Å²) in [7, 11) is 1.48. The summed E-state index contributed by atoms with van der Waals surface area (Å²) in [5.41, 5.74) is 2.01. The van der Waals surface area contributed by atoms with E-state index in [-0.39, 0.29) is 12.1 Å². The molecule has 0 aliphatic heterocycles. The Balaban J connectivity index is 2.47. The molecule has 1 unspecified atom stereocenters. The summed E-state index contributed by atoms with van der Waals surface area (Å²) in [6, 6.07) is 2.33. The Labute approximate surface area is 133 Å². The van der Waals surface area contributed by atoms with Gasteiger partial charge in [0.05, 0.1) is 28.4 Å². The molecule has 1 atom stereocenters. The summed E-state index contributed by atoms with van der Waals surface area (Å²) < 4.78 is 13.8. The van der Waals surface area contributed by atoms with Crippen LogP contribution in [0.4, 0.5) is 4.39 Å². The van der Waals surface area contributed by atoms with Crippen LogP contribution in [0.3, 0.4) is 0 Å². The minimum Gasteiger partial charge on any atom is -0.481 e. The van der Waals surface area contributed by atoms with Gasteiger partial charge in [0, 0.05) is 19.7 Å². The number of aryl methyl sites for hydroxylation is 2. The number of carbonyl (C=O) groups is 2. The van der Waals surface area contributed by atoms with E-state index in [4.69, 9.17) is 5.11 Å². The summed E-state index contributed by atoms with van der Waals surface area (Å²) in [5, 5.41) is 8.95. The van der Waals surface area contributed by atoms with Crippen LogP contribution >= 0.6 is 0 Å². The minimum absolute atomic E-state index is 0.0183. The van der Waals surface area contributed by atoms with Gasteiger partial charge in [0.15, 0.2) is 0 Å². The first-order valence-electron chi connectivity index (χ1n) is 7.13. The lowest BCUT2D eigenvalue weighted by Crippen LogP contribution is -2.34. The van der Waals surface area contributed by atoms with Crippen molar-refractivity contribution in [1.29, 1.82) is 0 Å². The second kappa shape index (κ2) is 6.28. The van der Waals surface area contributed by atoms with E-state index < -0.39 is 23.6 Å². The first-order valence-corrected chi connectivity index (χ1v) is 7.13. The number of hydrogen-bond donors (Lipinski definition) is 1. The molecule has 1 heterocycles. The molecule has 2 rings (SSSR count). The van der Waals surface area contributed by atoms with Gasteiger partial charge in [-0.25, -0.2) is 14.4 Å². The Bertz CT molecular complexity index is 792. The molecule has 0 fully saturated rings.